The van der Waals surface area contributed by atoms with E-state index >= 15 is 0 Å². The van der Waals surface area contributed by atoms with Gasteiger partial charge in [-0.2, -0.15) is 0 Å². The van der Waals surface area contributed by atoms with E-state index in [1.807, 2.05) is 0 Å². The molecule has 1 atom stereocenters. The highest BCUT2D eigenvalue weighted by Gasteiger charge is 2.03. The summed E-state index contributed by atoms with van der Waals surface area (Å²) in [6.07, 6.45) is 0.143. The monoisotopic (exact) mass is 275 g/mol. The molecule has 4 nitrogen and oxygen atoms in total. The second-order valence-corrected chi connectivity index (χ2v) is 4.68. The summed E-state index contributed by atoms with van der Waals surface area (Å²) in [5.41, 5.74) is 5.93. The van der Waals surface area contributed by atoms with Crippen molar-refractivity contribution in [3.05, 3.63) is 34.9 Å². The van der Waals surface area contributed by atoms with Gasteiger partial charge in [-0.15, -0.1) is 0 Å². The number of rotatable bonds is 2. The Morgan fingerprint density at radius 3 is 2.50 bits per heavy atom. The van der Waals surface area contributed by atoms with Crippen molar-refractivity contribution in [3.8, 4) is 0 Å². The van der Waals surface area contributed by atoms with Crippen LogP contribution in [0.1, 0.15) is 5.56 Å². The number of halogens is 1. The number of hydrogen-bond donors (Lipinski definition) is 1. The summed E-state index contributed by atoms with van der Waals surface area (Å²) in [6, 6.07) is 6.76. The molecule has 1 aromatic carbocycles. The summed E-state index contributed by atoms with van der Waals surface area (Å²) in [5, 5.41) is 0.294. The highest BCUT2D eigenvalue weighted by Crippen LogP contribution is 2.10. The van der Waals surface area contributed by atoms with Crippen LogP contribution in [-0.2, 0) is 17.5 Å². The fraction of sp³-hybridized carbons (Fsp3) is 0.111. The minimum absolute atomic E-state index is 0.0881. The summed E-state index contributed by atoms with van der Waals surface area (Å²) in [6.45, 7) is 0. The van der Waals surface area contributed by atoms with E-state index in [-0.39, 0.29) is 16.6 Å². The van der Waals surface area contributed by atoms with Gasteiger partial charge in [0.2, 0.25) is 0 Å². The molecule has 0 aliphatic heterocycles. The van der Waals surface area contributed by atoms with Crippen LogP contribution in [0, 0.1) is 0 Å². The van der Waals surface area contributed by atoms with Gasteiger partial charge in [-0.3, -0.25) is 4.21 Å². The van der Waals surface area contributed by atoms with Crippen LogP contribution >= 0.6 is 23.8 Å². The quantitative estimate of drug-likeness (QED) is 0.383. The molecule has 0 spiro atoms. The third kappa shape index (κ3) is 4.36. The van der Waals surface area contributed by atoms with E-state index in [9.17, 15) is 8.76 Å². The topological polar surface area (TPSA) is 78.5 Å². The molecule has 0 heterocycles. The highest BCUT2D eigenvalue weighted by molar-refractivity contribution is 7.95. The minimum atomic E-state index is -2.43. The van der Waals surface area contributed by atoms with Gasteiger partial charge in [0.05, 0.1) is 5.04 Å². The Kier molecular flexibility index (Phi) is 5.01. The zero-order valence-electron chi connectivity index (χ0n) is 8.05. The van der Waals surface area contributed by atoms with Gasteiger partial charge in [0, 0.05) is 11.4 Å². The smallest absolute Gasteiger partial charge is 0.190 e. The first-order valence-electron chi connectivity index (χ1n) is 4.19. The lowest BCUT2D eigenvalue weighted by Crippen LogP contribution is -2.15. The molecule has 0 radical (unpaired) electrons. The average Bonchev–Trinajstić information content (AvgIpc) is 2.19. The van der Waals surface area contributed by atoms with Gasteiger partial charge in [0.15, 0.2) is 5.11 Å². The molecular formula is C9H8ClN2O2S2-. The second-order valence-electron chi connectivity index (χ2n) is 2.88. The van der Waals surface area contributed by atoms with E-state index in [1.165, 1.54) is 0 Å². The van der Waals surface area contributed by atoms with Crippen molar-refractivity contribution in [3.63, 3.8) is 0 Å². The van der Waals surface area contributed by atoms with Crippen LogP contribution in [0.4, 0.5) is 0 Å². The van der Waals surface area contributed by atoms with Gasteiger partial charge in [-0.1, -0.05) is 23.7 Å². The van der Waals surface area contributed by atoms with Crippen LogP contribution in [0.3, 0.4) is 0 Å². The van der Waals surface area contributed by atoms with E-state index in [2.05, 4.69) is 17.2 Å². The zero-order valence-corrected chi connectivity index (χ0v) is 10.4. The average molecular weight is 276 g/mol. The highest BCUT2D eigenvalue weighted by atomic mass is 35.5. The predicted molar refractivity (Wildman–Crippen MR) is 68.3 cm³/mol. The first-order chi connectivity index (χ1) is 7.49. The van der Waals surface area contributed by atoms with Gasteiger partial charge in [-0.05, 0) is 41.0 Å². The van der Waals surface area contributed by atoms with Crippen molar-refractivity contribution < 1.29 is 8.76 Å². The van der Waals surface area contributed by atoms with Gasteiger partial charge >= 0.3 is 0 Å². The molecule has 86 valence electrons. The van der Waals surface area contributed by atoms with E-state index < -0.39 is 11.1 Å². The van der Waals surface area contributed by atoms with Gasteiger partial charge in [0.25, 0.3) is 0 Å². The summed E-state index contributed by atoms with van der Waals surface area (Å²) < 4.78 is 21.7. The van der Waals surface area contributed by atoms with Crippen LogP contribution in [0.2, 0.25) is 5.02 Å². The van der Waals surface area contributed by atoms with Crippen LogP contribution < -0.4 is 5.73 Å². The zero-order chi connectivity index (χ0) is 12.1. The first-order valence-corrected chi connectivity index (χ1v) is 6.06. The fourth-order valence-corrected chi connectivity index (χ4v) is 1.79. The van der Waals surface area contributed by atoms with Gasteiger partial charge < -0.3 is 10.3 Å². The molecule has 0 aromatic heterocycles. The fourth-order valence-electron chi connectivity index (χ4n) is 1.04. The summed E-state index contributed by atoms with van der Waals surface area (Å²) in [7, 11) is 0. The maximum atomic E-state index is 10.8. The number of thiocarbonyl (C=S) groups is 1. The Morgan fingerprint density at radius 2 is 2.06 bits per heavy atom. The molecule has 0 amide bonds. The summed E-state index contributed by atoms with van der Waals surface area (Å²) in [5.74, 6) is 0. The molecule has 0 aliphatic rings. The molecule has 16 heavy (non-hydrogen) atoms. The summed E-state index contributed by atoms with van der Waals surface area (Å²) in [4.78, 5) is 3.57. The first kappa shape index (κ1) is 13.2. The van der Waals surface area contributed by atoms with Crippen molar-refractivity contribution in [1.82, 2.24) is 0 Å². The van der Waals surface area contributed by atoms with E-state index in [4.69, 9.17) is 17.3 Å². The SMILES string of the molecule is NC(=S)N=C(Cc1ccc(Cl)cc1)S(=O)[O-]. The lowest BCUT2D eigenvalue weighted by molar-refractivity contribution is 0.549. The number of nitrogens with two attached hydrogens (primary N) is 1. The molecule has 0 saturated heterocycles. The van der Waals surface area contributed by atoms with Crippen molar-refractivity contribution in [1.29, 1.82) is 0 Å². The molecule has 7 heteroatoms. The van der Waals surface area contributed by atoms with Crippen molar-refractivity contribution in [2.24, 2.45) is 10.7 Å². The van der Waals surface area contributed by atoms with Crippen LogP contribution in [-0.4, -0.2) is 18.9 Å². The van der Waals surface area contributed by atoms with Gasteiger partial charge in [0.1, 0.15) is 0 Å². The van der Waals surface area contributed by atoms with Gasteiger partial charge in [-0.25, -0.2) is 4.99 Å². The number of aliphatic imine (C=N–C) groups is 1. The number of benzene rings is 1. The third-order valence-corrected chi connectivity index (χ3v) is 2.66. The predicted octanol–water partition coefficient (Wildman–Crippen LogP) is 1.40. The molecule has 0 aliphatic carbocycles. The second kappa shape index (κ2) is 6.05. The molecule has 1 rings (SSSR count). The van der Waals surface area contributed by atoms with Crippen molar-refractivity contribution in [2.45, 2.75) is 6.42 Å². The Hall–Kier alpha value is -0.820. The Bertz CT molecular complexity index is 445. The standard InChI is InChI=1S/C9H9ClN2O2S2/c10-7-3-1-6(2-4-7)5-8(16(13)14)12-9(11)15/h1-4H,5H2,(H2,11,15)(H,13,14)/p-1. The Balaban J connectivity index is 2.88. The maximum absolute atomic E-state index is 10.8. The van der Waals surface area contributed by atoms with E-state index in [1.54, 1.807) is 24.3 Å². The molecular weight excluding hydrogens is 268 g/mol. The van der Waals surface area contributed by atoms with E-state index in [0.29, 0.717) is 5.02 Å². The lowest BCUT2D eigenvalue weighted by atomic mass is 10.2. The van der Waals surface area contributed by atoms with Crippen LogP contribution in [0.25, 0.3) is 0 Å². The maximum Gasteiger partial charge on any atom is 0.190 e. The van der Waals surface area contributed by atoms with Crippen molar-refractivity contribution in [2.75, 3.05) is 0 Å². The molecule has 1 unspecified atom stereocenters. The lowest BCUT2D eigenvalue weighted by Gasteiger charge is -2.09. The third-order valence-electron chi connectivity index (χ3n) is 1.70. The number of nitrogens with zero attached hydrogens (tertiary/aromatic N) is 1. The Morgan fingerprint density at radius 1 is 1.50 bits per heavy atom. The molecule has 1 aromatic rings. The summed E-state index contributed by atoms with van der Waals surface area (Å²) >= 11 is 7.80. The van der Waals surface area contributed by atoms with Crippen molar-refractivity contribution >= 4 is 45.1 Å². The molecule has 0 saturated carbocycles. The van der Waals surface area contributed by atoms with Crippen LogP contribution in [0.5, 0.6) is 0 Å². The molecule has 0 fully saturated rings. The molecule has 2 N–H and O–H groups in total. The normalized spacial score (nSPS) is 13.5. The minimum Gasteiger partial charge on any atom is -0.767 e. The largest absolute Gasteiger partial charge is 0.767 e. The van der Waals surface area contributed by atoms with Crippen LogP contribution in [0.15, 0.2) is 29.3 Å². The molecule has 0 bridgehead atoms. The number of hydrogen-bond acceptors (Lipinski definition) is 3. The Labute approximate surface area is 106 Å². The van der Waals surface area contributed by atoms with E-state index in [0.717, 1.165) is 5.56 Å².